The van der Waals surface area contributed by atoms with Crippen LogP contribution in [-0.4, -0.2) is 66.9 Å². The molecule has 1 aromatic rings. The zero-order chi connectivity index (χ0) is 17.6. The van der Waals surface area contributed by atoms with Gasteiger partial charge < -0.3 is 9.64 Å². The smallest absolute Gasteiger partial charge is 0.254 e. The molecular formula is C20H28N2O3. The minimum Gasteiger partial charge on any atom is -0.379 e. The molecule has 2 fully saturated rings. The molecule has 0 radical (unpaired) electrons. The molecule has 0 aromatic heterocycles. The van der Waals surface area contributed by atoms with Gasteiger partial charge in [0, 0.05) is 43.3 Å². The van der Waals surface area contributed by atoms with E-state index in [4.69, 9.17) is 4.74 Å². The summed E-state index contributed by atoms with van der Waals surface area (Å²) in [6.45, 7) is 6.97. The highest BCUT2D eigenvalue weighted by Gasteiger charge is 2.28. The number of ether oxygens (including phenoxy) is 1. The number of rotatable bonds is 5. The van der Waals surface area contributed by atoms with E-state index in [2.05, 4.69) is 4.90 Å². The third-order valence-corrected chi connectivity index (χ3v) is 5.29. The molecular weight excluding hydrogens is 316 g/mol. The molecule has 5 heteroatoms. The number of hydrogen-bond donors (Lipinski definition) is 0. The molecule has 1 amide bonds. The summed E-state index contributed by atoms with van der Waals surface area (Å²) in [4.78, 5) is 29.1. The predicted molar refractivity (Wildman–Crippen MR) is 97.0 cm³/mol. The minimum atomic E-state index is -0.00263. The van der Waals surface area contributed by atoms with Crippen molar-refractivity contribution in [3.8, 4) is 0 Å². The fourth-order valence-electron chi connectivity index (χ4n) is 3.76. The molecule has 25 heavy (non-hydrogen) atoms. The fourth-order valence-corrected chi connectivity index (χ4v) is 3.76. The number of ketones is 1. The van der Waals surface area contributed by atoms with Gasteiger partial charge in [-0.1, -0.05) is 12.1 Å². The Labute approximate surface area is 149 Å². The quantitative estimate of drug-likeness (QED) is 0.771. The lowest BCUT2D eigenvalue weighted by Gasteiger charge is -2.37. The van der Waals surface area contributed by atoms with Crippen molar-refractivity contribution in [3.63, 3.8) is 0 Å². The van der Waals surface area contributed by atoms with E-state index in [0.717, 1.165) is 58.7 Å². The van der Waals surface area contributed by atoms with Gasteiger partial charge in [0.15, 0.2) is 5.78 Å². The maximum atomic E-state index is 13.0. The van der Waals surface area contributed by atoms with Crippen molar-refractivity contribution in [2.75, 3.05) is 39.4 Å². The molecule has 1 unspecified atom stereocenters. The van der Waals surface area contributed by atoms with Gasteiger partial charge in [0.25, 0.3) is 5.91 Å². The molecule has 1 aromatic carbocycles. The average Bonchev–Trinajstić information content (AvgIpc) is 2.67. The first-order valence-electron chi connectivity index (χ1n) is 9.37. The number of benzene rings is 1. The Bertz CT molecular complexity index is 611. The van der Waals surface area contributed by atoms with Crippen LogP contribution in [0, 0.1) is 0 Å². The van der Waals surface area contributed by atoms with Crippen molar-refractivity contribution >= 4 is 11.7 Å². The largest absolute Gasteiger partial charge is 0.379 e. The van der Waals surface area contributed by atoms with Crippen molar-refractivity contribution in [1.29, 1.82) is 0 Å². The summed E-state index contributed by atoms with van der Waals surface area (Å²) in [7, 11) is 0. The highest BCUT2D eigenvalue weighted by Crippen LogP contribution is 2.23. The first-order valence-corrected chi connectivity index (χ1v) is 9.37. The van der Waals surface area contributed by atoms with Crippen LogP contribution >= 0.6 is 0 Å². The monoisotopic (exact) mass is 344 g/mol. The van der Waals surface area contributed by atoms with Crippen LogP contribution in [0.3, 0.4) is 0 Å². The Morgan fingerprint density at radius 1 is 1.12 bits per heavy atom. The van der Waals surface area contributed by atoms with Crippen LogP contribution in [-0.2, 0) is 4.74 Å². The van der Waals surface area contributed by atoms with E-state index in [1.54, 1.807) is 18.2 Å². The van der Waals surface area contributed by atoms with Gasteiger partial charge in [0.1, 0.15) is 0 Å². The van der Waals surface area contributed by atoms with E-state index < -0.39 is 0 Å². The van der Waals surface area contributed by atoms with Crippen LogP contribution in [0.4, 0.5) is 0 Å². The number of piperidine rings is 1. The molecule has 1 atom stereocenters. The molecule has 136 valence electrons. The van der Waals surface area contributed by atoms with Crippen molar-refractivity contribution in [3.05, 3.63) is 35.4 Å². The summed E-state index contributed by atoms with van der Waals surface area (Å²) >= 11 is 0. The summed E-state index contributed by atoms with van der Waals surface area (Å²) in [6, 6.07) is 7.42. The van der Waals surface area contributed by atoms with Gasteiger partial charge in [0.2, 0.25) is 0 Å². The Morgan fingerprint density at radius 3 is 2.64 bits per heavy atom. The van der Waals surface area contributed by atoms with Crippen LogP contribution in [0.1, 0.15) is 53.3 Å². The molecule has 0 N–H and O–H groups in total. The Balaban J connectivity index is 1.66. The number of morpholine rings is 1. The average molecular weight is 344 g/mol. The van der Waals surface area contributed by atoms with Crippen molar-refractivity contribution in [2.45, 2.75) is 38.6 Å². The predicted octanol–water partition coefficient (Wildman–Crippen LogP) is 2.61. The molecule has 2 aliphatic rings. The van der Waals surface area contributed by atoms with Gasteiger partial charge in [-0.05, 0) is 44.7 Å². The zero-order valence-electron chi connectivity index (χ0n) is 15.1. The van der Waals surface area contributed by atoms with Gasteiger partial charge in [-0.15, -0.1) is 0 Å². The summed E-state index contributed by atoms with van der Waals surface area (Å²) in [5.41, 5.74) is 1.23. The number of Topliss-reactive ketones (excluding diaryl/α,β-unsaturated/α-hetero) is 1. The lowest BCUT2D eigenvalue weighted by molar-refractivity contribution is 0.0295. The number of carbonyl (C=O) groups is 2. The lowest BCUT2D eigenvalue weighted by atomic mass is 9.97. The topological polar surface area (TPSA) is 49.9 Å². The van der Waals surface area contributed by atoms with Gasteiger partial charge >= 0.3 is 0 Å². The Morgan fingerprint density at radius 2 is 1.88 bits per heavy atom. The molecule has 0 spiro atoms. The van der Waals surface area contributed by atoms with Crippen molar-refractivity contribution in [2.24, 2.45) is 0 Å². The minimum absolute atomic E-state index is 0.00263. The second-order valence-electron chi connectivity index (χ2n) is 7.03. The molecule has 5 nitrogen and oxygen atoms in total. The van der Waals surface area contributed by atoms with E-state index in [1.165, 1.54) is 13.3 Å². The number of nitrogens with zero attached hydrogens (tertiary/aromatic N) is 2. The number of carbonyl (C=O) groups excluding carboxylic acids is 2. The molecule has 0 aliphatic carbocycles. The third kappa shape index (κ3) is 4.67. The van der Waals surface area contributed by atoms with Crippen LogP contribution < -0.4 is 0 Å². The van der Waals surface area contributed by atoms with Gasteiger partial charge in [-0.25, -0.2) is 0 Å². The zero-order valence-corrected chi connectivity index (χ0v) is 15.1. The van der Waals surface area contributed by atoms with Gasteiger partial charge in [-0.2, -0.15) is 0 Å². The number of amides is 1. The lowest BCUT2D eigenvalue weighted by Crippen LogP contribution is -2.46. The standard InChI is InChI=1S/C20H28N2O3/c1-16(23)17-5-4-6-18(15-17)20(24)22-9-3-2-7-19(22)8-10-21-11-13-25-14-12-21/h4-6,15,19H,2-3,7-14H2,1H3. The van der Waals surface area contributed by atoms with Crippen LogP contribution in [0.15, 0.2) is 24.3 Å². The summed E-state index contributed by atoms with van der Waals surface area (Å²) in [5, 5.41) is 0. The highest BCUT2D eigenvalue weighted by molar-refractivity contribution is 5.99. The van der Waals surface area contributed by atoms with Gasteiger partial charge in [0.05, 0.1) is 13.2 Å². The normalized spacial score (nSPS) is 22.0. The molecule has 0 bridgehead atoms. The van der Waals surface area contributed by atoms with E-state index >= 15 is 0 Å². The van der Waals surface area contributed by atoms with Crippen molar-refractivity contribution in [1.82, 2.24) is 9.80 Å². The molecule has 2 aliphatic heterocycles. The summed E-state index contributed by atoms with van der Waals surface area (Å²) < 4.78 is 5.41. The summed E-state index contributed by atoms with van der Waals surface area (Å²) in [6.07, 6.45) is 4.33. The van der Waals surface area contributed by atoms with Gasteiger partial charge in [-0.3, -0.25) is 14.5 Å². The van der Waals surface area contributed by atoms with E-state index in [0.29, 0.717) is 17.2 Å². The highest BCUT2D eigenvalue weighted by atomic mass is 16.5. The van der Waals surface area contributed by atoms with Crippen LogP contribution in [0.5, 0.6) is 0 Å². The maximum absolute atomic E-state index is 13.0. The second kappa shape index (κ2) is 8.59. The first kappa shape index (κ1) is 18.1. The van der Waals surface area contributed by atoms with Crippen molar-refractivity contribution < 1.29 is 14.3 Å². The molecule has 3 rings (SSSR count). The van der Waals surface area contributed by atoms with E-state index in [9.17, 15) is 9.59 Å². The second-order valence-corrected chi connectivity index (χ2v) is 7.03. The first-order chi connectivity index (χ1) is 12.1. The Kier molecular flexibility index (Phi) is 6.21. The van der Waals surface area contributed by atoms with E-state index in [1.807, 2.05) is 11.0 Å². The third-order valence-electron chi connectivity index (χ3n) is 5.29. The van der Waals surface area contributed by atoms with Crippen LogP contribution in [0.25, 0.3) is 0 Å². The SMILES string of the molecule is CC(=O)c1cccc(C(=O)N2CCCCC2CCN2CCOCC2)c1. The molecule has 0 saturated carbocycles. The van der Waals surface area contributed by atoms with E-state index in [-0.39, 0.29) is 11.7 Å². The Hall–Kier alpha value is -1.72. The summed E-state index contributed by atoms with van der Waals surface area (Å²) in [5.74, 6) is 0.0620. The number of likely N-dealkylation sites (tertiary alicyclic amines) is 1. The molecule has 2 heterocycles. The fraction of sp³-hybridized carbons (Fsp3) is 0.600. The molecule has 2 saturated heterocycles. The number of hydrogen-bond acceptors (Lipinski definition) is 4. The van der Waals surface area contributed by atoms with Crippen LogP contribution in [0.2, 0.25) is 0 Å². The maximum Gasteiger partial charge on any atom is 0.254 e.